The molecule has 138 valence electrons. The van der Waals surface area contributed by atoms with E-state index in [1.54, 1.807) is 0 Å². The Morgan fingerprint density at radius 2 is 2.08 bits per heavy atom. The number of hydrogen-bond donors (Lipinski definition) is 3. The molecule has 1 aromatic rings. The van der Waals surface area contributed by atoms with Gasteiger partial charge in [-0.05, 0) is 24.0 Å². The van der Waals surface area contributed by atoms with Crippen molar-refractivity contribution >= 4 is 18.3 Å². The van der Waals surface area contributed by atoms with Gasteiger partial charge in [0.05, 0.1) is 18.2 Å². The molecule has 1 saturated carbocycles. The molecule has 0 radical (unpaired) electrons. The molecule has 2 fully saturated rings. The highest BCUT2D eigenvalue weighted by Crippen LogP contribution is 2.57. The van der Waals surface area contributed by atoms with Gasteiger partial charge in [0.15, 0.2) is 0 Å². The third kappa shape index (κ3) is 2.44. The van der Waals surface area contributed by atoms with E-state index in [1.165, 1.54) is 0 Å². The second-order valence-corrected chi connectivity index (χ2v) is 8.05. The number of aliphatic hydroxyl groups is 1. The van der Waals surface area contributed by atoms with Crippen LogP contribution in [0.2, 0.25) is 0 Å². The standard InChI is InChI=1S/C19H26N2O3.ClH/c1-18(2)16-13(8-5-9-24-16)19(18,20)17(23)21-15-12-7-4-3-6-11(12)10-14(15)22;/h3-4,6-7,13-16,22H,5,8-10,20H2,1-2H3,(H,21,23);1H/t13?,14-,15+,16?,19?;/m1./s1. The van der Waals surface area contributed by atoms with Gasteiger partial charge < -0.3 is 20.9 Å². The molecule has 1 amide bonds. The minimum absolute atomic E-state index is 0. The van der Waals surface area contributed by atoms with Gasteiger partial charge in [-0.25, -0.2) is 0 Å². The first kappa shape index (κ1) is 18.6. The van der Waals surface area contributed by atoms with Crippen LogP contribution in [0.15, 0.2) is 24.3 Å². The lowest BCUT2D eigenvalue weighted by Gasteiger charge is -2.65. The SMILES string of the molecule is CC1(C)C2OCCCC2C1(N)C(=O)N[C@H]1c2ccccc2C[C@H]1O.Cl. The van der Waals surface area contributed by atoms with Crippen molar-refractivity contribution in [2.24, 2.45) is 17.1 Å². The molecule has 2 aliphatic carbocycles. The third-order valence-corrected chi connectivity index (χ3v) is 6.55. The number of aliphatic hydroxyl groups excluding tert-OH is 1. The second-order valence-electron chi connectivity index (χ2n) is 8.05. The summed E-state index contributed by atoms with van der Waals surface area (Å²) in [6.45, 7) is 4.77. The summed E-state index contributed by atoms with van der Waals surface area (Å²) < 4.78 is 5.88. The highest BCUT2D eigenvalue weighted by molar-refractivity contribution is 5.90. The zero-order valence-corrected chi connectivity index (χ0v) is 15.5. The van der Waals surface area contributed by atoms with E-state index in [0.29, 0.717) is 6.42 Å². The van der Waals surface area contributed by atoms with E-state index >= 15 is 0 Å². The lowest BCUT2D eigenvalue weighted by atomic mass is 9.46. The number of benzene rings is 1. The van der Waals surface area contributed by atoms with Crippen molar-refractivity contribution in [3.05, 3.63) is 35.4 Å². The Hall–Kier alpha value is -1.14. The molecule has 1 aromatic carbocycles. The first-order chi connectivity index (χ1) is 11.4. The van der Waals surface area contributed by atoms with E-state index in [9.17, 15) is 9.90 Å². The molecule has 0 aromatic heterocycles. The summed E-state index contributed by atoms with van der Waals surface area (Å²) in [5.74, 6) is -0.116. The van der Waals surface area contributed by atoms with Crippen LogP contribution in [0.1, 0.15) is 43.9 Å². The number of ether oxygens (including phenoxy) is 1. The van der Waals surface area contributed by atoms with Crippen molar-refractivity contribution in [3.63, 3.8) is 0 Å². The van der Waals surface area contributed by atoms with Crippen LogP contribution >= 0.6 is 12.4 Å². The second kappa shape index (κ2) is 6.23. The first-order valence-corrected chi connectivity index (χ1v) is 8.84. The Balaban J connectivity index is 0.00000182. The van der Waals surface area contributed by atoms with Crippen LogP contribution in [0.4, 0.5) is 0 Å². The van der Waals surface area contributed by atoms with Gasteiger partial charge in [-0.15, -0.1) is 12.4 Å². The van der Waals surface area contributed by atoms with Gasteiger partial charge >= 0.3 is 0 Å². The van der Waals surface area contributed by atoms with E-state index in [4.69, 9.17) is 10.5 Å². The van der Waals surface area contributed by atoms with Crippen LogP contribution in [0.25, 0.3) is 0 Å². The fraction of sp³-hybridized carbons (Fsp3) is 0.632. The maximum Gasteiger partial charge on any atom is 0.241 e. The first-order valence-electron chi connectivity index (χ1n) is 8.84. The number of nitrogens with two attached hydrogens (primary N) is 1. The average Bonchev–Trinajstić information content (AvgIpc) is 2.89. The number of amides is 1. The molecular formula is C19H27ClN2O3. The maximum atomic E-state index is 13.1. The molecule has 3 unspecified atom stereocenters. The summed E-state index contributed by atoms with van der Waals surface area (Å²) in [5, 5.41) is 13.4. The molecule has 3 aliphatic rings. The number of hydrogen-bond acceptors (Lipinski definition) is 4. The normalized spacial score (nSPS) is 37.9. The van der Waals surface area contributed by atoms with E-state index in [-0.39, 0.29) is 36.4 Å². The molecule has 1 aliphatic heterocycles. The van der Waals surface area contributed by atoms with Gasteiger partial charge in [0, 0.05) is 24.4 Å². The van der Waals surface area contributed by atoms with Crippen LogP contribution < -0.4 is 11.1 Å². The number of nitrogens with one attached hydrogen (secondary N) is 1. The lowest BCUT2D eigenvalue weighted by molar-refractivity contribution is -0.225. The van der Waals surface area contributed by atoms with Crippen LogP contribution in [0.3, 0.4) is 0 Å². The van der Waals surface area contributed by atoms with Gasteiger partial charge in [-0.3, -0.25) is 4.79 Å². The monoisotopic (exact) mass is 366 g/mol. The quantitative estimate of drug-likeness (QED) is 0.744. The average molecular weight is 367 g/mol. The number of fused-ring (bicyclic) bond motifs is 2. The van der Waals surface area contributed by atoms with Crippen LogP contribution in [-0.4, -0.2) is 35.4 Å². The zero-order valence-electron chi connectivity index (χ0n) is 14.7. The Labute approximate surface area is 154 Å². The Morgan fingerprint density at radius 3 is 2.84 bits per heavy atom. The van der Waals surface area contributed by atoms with Gasteiger partial charge in [-0.1, -0.05) is 38.1 Å². The van der Waals surface area contributed by atoms with Crippen molar-refractivity contribution < 1.29 is 14.6 Å². The number of halogens is 1. The molecule has 4 N–H and O–H groups in total. The van der Waals surface area contributed by atoms with Gasteiger partial charge in [0.2, 0.25) is 5.91 Å². The minimum atomic E-state index is -0.949. The van der Waals surface area contributed by atoms with Gasteiger partial charge in [-0.2, -0.15) is 0 Å². The van der Waals surface area contributed by atoms with Crippen LogP contribution in [0.5, 0.6) is 0 Å². The van der Waals surface area contributed by atoms with E-state index in [1.807, 2.05) is 38.1 Å². The predicted octanol–water partition coefficient (Wildman–Crippen LogP) is 1.72. The molecule has 1 saturated heterocycles. The Morgan fingerprint density at radius 1 is 1.36 bits per heavy atom. The van der Waals surface area contributed by atoms with Crippen molar-refractivity contribution in [3.8, 4) is 0 Å². The van der Waals surface area contributed by atoms with Crippen LogP contribution in [-0.2, 0) is 16.0 Å². The van der Waals surface area contributed by atoms with Crippen molar-refractivity contribution in [2.45, 2.75) is 56.9 Å². The Kier molecular flexibility index (Phi) is 4.65. The summed E-state index contributed by atoms with van der Waals surface area (Å²) in [7, 11) is 0. The number of carbonyl (C=O) groups excluding carboxylic acids is 1. The highest BCUT2D eigenvalue weighted by atomic mass is 35.5. The fourth-order valence-corrected chi connectivity index (χ4v) is 5.05. The molecule has 5 nitrogen and oxygen atoms in total. The molecule has 4 rings (SSSR count). The molecule has 1 heterocycles. The lowest BCUT2D eigenvalue weighted by Crippen LogP contribution is -2.82. The summed E-state index contributed by atoms with van der Waals surface area (Å²) in [4.78, 5) is 13.1. The highest BCUT2D eigenvalue weighted by Gasteiger charge is 2.70. The van der Waals surface area contributed by atoms with Crippen molar-refractivity contribution in [2.75, 3.05) is 6.61 Å². The van der Waals surface area contributed by atoms with Gasteiger partial charge in [0.1, 0.15) is 5.54 Å². The summed E-state index contributed by atoms with van der Waals surface area (Å²) in [6.07, 6.45) is 1.87. The molecular weight excluding hydrogens is 340 g/mol. The van der Waals surface area contributed by atoms with Gasteiger partial charge in [0.25, 0.3) is 0 Å². The molecule has 0 bridgehead atoms. The maximum absolute atomic E-state index is 13.1. The summed E-state index contributed by atoms with van der Waals surface area (Å²) in [6, 6.07) is 7.49. The van der Waals surface area contributed by atoms with Crippen molar-refractivity contribution in [1.29, 1.82) is 0 Å². The molecule has 5 atom stereocenters. The summed E-state index contributed by atoms with van der Waals surface area (Å²) in [5.41, 5.74) is 7.37. The molecule has 25 heavy (non-hydrogen) atoms. The zero-order chi connectivity index (χ0) is 17.1. The Bertz CT molecular complexity index is 680. The van der Waals surface area contributed by atoms with E-state index < -0.39 is 17.1 Å². The van der Waals surface area contributed by atoms with E-state index in [0.717, 1.165) is 30.6 Å². The smallest absolute Gasteiger partial charge is 0.241 e. The van der Waals surface area contributed by atoms with E-state index in [2.05, 4.69) is 5.32 Å². The van der Waals surface area contributed by atoms with Crippen LogP contribution in [0, 0.1) is 11.3 Å². The number of rotatable bonds is 2. The third-order valence-electron chi connectivity index (χ3n) is 6.55. The van der Waals surface area contributed by atoms with Crippen molar-refractivity contribution in [1.82, 2.24) is 5.32 Å². The minimum Gasteiger partial charge on any atom is -0.390 e. The summed E-state index contributed by atoms with van der Waals surface area (Å²) >= 11 is 0. The fourth-order valence-electron chi connectivity index (χ4n) is 5.05. The topological polar surface area (TPSA) is 84.6 Å². The number of carbonyl (C=O) groups is 1. The predicted molar refractivity (Wildman–Crippen MR) is 97.4 cm³/mol. The molecule has 0 spiro atoms. The molecule has 6 heteroatoms. The largest absolute Gasteiger partial charge is 0.390 e.